The predicted molar refractivity (Wildman–Crippen MR) is 140 cm³/mol. The number of likely N-dealkylation sites (tertiary alicyclic amines) is 1. The minimum absolute atomic E-state index is 0.0456. The second-order valence-electron chi connectivity index (χ2n) is 12.9. The Hall–Kier alpha value is -1.93. The average Bonchev–Trinajstić information content (AvgIpc) is 3.33. The summed E-state index contributed by atoms with van der Waals surface area (Å²) in [6, 6.07) is 0. The number of ketones is 2. The van der Waals surface area contributed by atoms with Gasteiger partial charge in [-0.15, -0.1) is 0 Å². The zero-order chi connectivity index (χ0) is 28.0. The lowest BCUT2D eigenvalue weighted by Crippen LogP contribution is -2.64. The number of nitrogens with zero attached hydrogens (tertiary/aromatic N) is 1. The summed E-state index contributed by atoms with van der Waals surface area (Å²) in [5, 5.41) is 11.5. The number of rotatable bonds is 6. The number of ether oxygens (including phenoxy) is 1. The maximum atomic E-state index is 17.1. The van der Waals surface area contributed by atoms with E-state index in [1.165, 1.54) is 31.2 Å². The van der Waals surface area contributed by atoms with Crippen LogP contribution in [0.1, 0.15) is 60.3 Å². The third kappa shape index (κ3) is 4.70. The topological polar surface area (TPSA) is 83.9 Å². The van der Waals surface area contributed by atoms with Crippen molar-refractivity contribution in [2.75, 3.05) is 26.2 Å². The molecule has 0 aromatic rings. The van der Waals surface area contributed by atoms with Crippen LogP contribution in [0.3, 0.4) is 0 Å². The highest BCUT2D eigenvalue weighted by Crippen LogP contribution is 2.71. The van der Waals surface area contributed by atoms with Crippen LogP contribution in [0.2, 0.25) is 0 Å². The maximum absolute atomic E-state index is 17.1. The highest BCUT2D eigenvalue weighted by molar-refractivity contribution is 5.99. The van der Waals surface area contributed by atoms with E-state index in [0.717, 1.165) is 13.0 Å². The summed E-state index contributed by atoms with van der Waals surface area (Å²) in [6.45, 7) is 10.7. The van der Waals surface area contributed by atoms with E-state index in [9.17, 15) is 19.5 Å². The number of halogens is 2. The normalized spacial score (nSPS) is 43.0. The maximum Gasteiger partial charge on any atom is 0.303 e. The molecule has 2 saturated carbocycles. The van der Waals surface area contributed by atoms with Gasteiger partial charge in [-0.05, 0) is 73.6 Å². The van der Waals surface area contributed by atoms with Crippen LogP contribution in [0.25, 0.3) is 0 Å². The molecule has 0 amide bonds. The fourth-order valence-corrected chi connectivity index (χ4v) is 8.38. The molecule has 4 aliphatic rings. The molecule has 0 radical (unpaired) electrons. The molecular weight excluding hydrogens is 492 g/mol. The van der Waals surface area contributed by atoms with Crippen molar-refractivity contribution in [1.29, 1.82) is 0 Å². The molecule has 4 rings (SSSR count). The zero-order valence-electron chi connectivity index (χ0n) is 23.3. The number of hydrogen-bond donors (Lipinski definition) is 1. The molecule has 1 heterocycles. The number of hydrogen-bond acceptors (Lipinski definition) is 6. The van der Waals surface area contributed by atoms with Crippen molar-refractivity contribution in [3.63, 3.8) is 0 Å². The van der Waals surface area contributed by atoms with Crippen LogP contribution in [-0.4, -0.2) is 71.7 Å². The second-order valence-corrected chi connectivity index (χ2v) is 12.9. The minimum atomic E-state index is -2.15. The standard InChI is InChI=1S/C30H43F2NO5/c1-18(2)10-11-33-15-21-12-24-25-13-22(31)7-9-23(35)8-6-19(3)30(25,32)26(36)14-28(24,5)29(21,17-33)27(37)16-38-20(4)34/h6-9,18-19,21-22,24-26,36H,10-17H2,1-5H3. The van der Waals surface area contributed by atoms with Gasteiger partial charge in [0.05, 0.1) is 11.5 Å². The van der Waals surface area contributed by atoms with Gasteiger partial charge in [-0.25, -0.2) is 8.78 Å². The minimum Gasteiger partial charge on any atom is -0.458 e. The van der Waals surface area contributed by atoms with Crippen molar-refractivity contribution in [3.05, 3.63) is 24.3 Å². The number of aliphatic hydroxyl groups excluding tert-OH is 1. The molecule has 0 aromatic carbocycles. The molecule has 1 saturated heterocycles. The van der Waals surface area contributed by atoms with Gasteiger partial charge >= 0.3 is 5.97 Å². The highest BCUT2D eigenvalue weighted by atomic mass is 19.1. The van der Waals surface area contributed by atoms with Crippen LogP contribution >= 0.6 is 0 Å². The first-order chi connectivity index (χ1) is 17.8. The summed E-state index contributed by atoms with van der Waals surface area (Å²) in [6.07, 6.45) is 3.46. The molecule has 6 nitrogen and oxygen atoms in total. The van der Waals surface area contributed by atoms with E-state index in [1.807, 2.05) is 6.92 Å². The molecule has 8 heteroatoms. The zero-order valence-corrected chi connectivity index (χ0v) is 23.3. The van der Waals surface area contributed by atoms with Crippen molar-refractivity contribution in [1.82, 2.24) is 4.90 Å². The smallest absolute Gasteiger partial charge is 0.303 e. The molecule has 3 fully saturated rings. The summed E-state index contributed by atoms with van der Waals surface area (Å²) in [4.78, 5) is 40.0. The number of alkyl halides is 2. The third-order valence-corrected chi connectivity index (χ3v) is 10.3. The van der Waals surface area contributed by atoms with Crippen molar-refractivity contribution in [2.45, 2.75) is 78.2 Å². The van der Waals surface area contributed by atoms with Crippen LogP contribution < -0.4 is 0 Å². The van der Waals surface area contributed by atoms with E-state index in [2.05, 4.69) is 18.7 Å². The Morgan fingerprint density at radius 1 is 1.21 bits per heavy atom. The van der Waals surface area contributed by atoms with Gasteiger partial charge in [-0.1, -0.05) is 33.8 Å². The van der Waals surface area contributed by atoms with Crippen LogP contribution in [-0.2, 0) is 19.1 Å². The summed E-state index contributed by atoms with van der Waals surface area (Å²) >= 11 is 0. The van der Waals surface area contributed by atoms with E-state index < -0.39 is 52.4 Å². The molecule has 9 atom stereocenters. The van der Waals surface area contributed by atoms with Gasteiger partial charge in [0, 0.05) is 31.8 Å². The van der Waals surface area contributed by atoms with Crippen molar-refractivity contribution in [3.8, 4) is 0 Å². The fourth-order valence-electron chi connectivity index (χ4n) is 8.38. The summed E-state index contributed by atoms with van der Waals surface area (Å²) < 4.78 is 37.6. The van der Waals surface area contributed by atoms with Gasteiger partial charge < -0.3 is 14.7 Å². The predicted octanol–water partition coefficient (Wildman–Crippen LogP) is 4.26. The van der Waals surface area contributed by atoms with E-state index in [1.54, 1.807) is 6.92 Å². The lowest BCUT2D eigenvalue weighted by molar-refractivity contribution is -0.188. The molecule has 38 heavy (non-hydrogen) atoms. The van der Waals surface area contributed by atoms with Crippen LogP contribution in [0, 0.1) is 40.4 Å². The monoisotopic (exact) mass is 535 g/mol. The molecule has 0 bridgehead atoms. The van der Waals surface area contributed by atoms with Crippen LogP contribution in [0.15, 0.2) is 24.3 Å². The Bertz CT molecular complexity index is 1010. The Labute approximate surface area is 224 Å². The molecule has 0 aromatic heterocycles. The summed E-state index contributed by atoms with van der Waals surface area (Å²) in [5.74, 6) is -2.78. The highest BCUT2D eigenvalue weighted by Gasteiger charge is 2.75. The second kappa shape index (κ2) is 10.6. The van der Waals surface area contributed by atoms with E-state index >= 15 is 8.78 Å². The van der Waals surface area contributed by atoms with Crippen molar-refractivity contribution in [2.24, 2.45) is 40.4 Å². The number of allylic oxidation sites excluding steroid dienone is 4. The van der Waals surface area contributed by atoms with E-state index in [4.69, 9.17) is 4.74 Å². The molecule has 1 N–H and O–H groups in total. The quantitative estimate of drug-likeness (QED) is 0.512. The number of carbonyl (C=O) groups excluding carboxylic acids is 3. The summed E-state index contributed by atoms with van der Waals surface area (Å²) in [5.41, 5.74) is -3.89. The molecule has 212 valence electrons. The van der Waals surface area contributed by atoms with Gasteiger partial charge in [-0.3, -0.25) is 14.4 Å². The number of esters is 1. The molecular formula is C30H43F2NO5. The molecule has 3 aliphatic carbocycles. The Morgan fingerprint density at radius 3 is 2.55 bits per heavy atom. The van der Waals surface area contributed by atoms with Gasteiger partial charge in [0.2, 0.25) is 0 Å². The first-order valence-electron chi connectivity index (χ1n) is 14.1. The van der Waals surface area contributed by atoms with E-state index in [-0.39, 0.29) is 37.1 Å². The number of fused-ring (bicyclic) bond motifs is 5. The third-order valence-electron chi connectivity index (χ3n) is 10.3. The largest absolute Gasteiger partial charge is 0.458 e. The number of Topliss-reactive ketones (excluding diaryl/α,β-unsaturated/α-hetero) is 1. The number of aliphatic hydroxyl groups is 1. The van der Waals surface area contributed by atoms with Gasteiger partial charge in [0.1, 0.15) is 11.8 Å². The lowest BCUT2D eigenvalue weighted by Gasteiger charge is -2.58. The Morgan fingerprint density at radius 2 is 1.89 bits per heavy atom. The molecule has 9 unspecified atom stereocenters. The lowest BCUT2D eigenvalue weighted by atomic mass is 9.48. The average molecular weight is 536 g/mol. The van der Waals surface area contributed by atoms with E-state index in [0.29, 0.717) is 25.4 Å². The van der Waals surface area contributed by atoms with Crippen LogP contribution in [0.4, 0.5) is 8.78 Å². The van der Waals surface area contributed by atoms with Gasteiger partial charge in [-0.2, -0.15) is 0 Å². The first kappa shape index (κ1) is 29.1. The Balaban J connectivity index is 1.77. The molecule has 1 aliphatic heterocycles. The van der Waals surface area contributed by atoms with Crippen molar-refractivity contribution < 1.29 is 33.0 Å². The van der Waals surface area contributed by atoms with Gasteiger partial charge in [0.25, 0.3) is 0 Å². The van der Waals surface area contributed by atoms with Crippen LogP contribution in [0.5, 0.6) is 0 Å². The molecule has 0 spiro atoms. The first-order valence-corrected chi connectivity index (χ1v) is 14.1. The summed E-state index contributed by atoms with van der Waals surface area (Å²) in [7, 11) is 0. The fraction of sp³-hybridized carbons (Fsp3) is 0.767. The SMILES string of the molecule is CC(=O)OCC(=O)C12CN(CCC(C)C)CC1CC1C3CC(F)C=CC(=O)C=CC(C)C3(F)C(O)CC12C. The van der Waals surface area contributed by atoms with Gasteiger partial charge in [0.15, 0.2) is 18.2 Å². The Kier molecular flexibility index (Phi) is 8.08. The number of carbonyl (C=O) groups is 3. The van der Waals surface area contributed by atoms with Crippen molar-refractivity contribution >= 4 is 17.5 Å².